The Bertz CT molecular complexity index is 108. The van der Waals surface area contributed by atoms with E-state index in [1.807, 2.05) is 13.2 Å². The molecule has 0 radical (unpaired) electrons. The van der Waals surface area contributed by atoms with Crippen LogP contribution >= 0.6 is 11.8 Å². The van der Waals surface area contributed by atoms with Crippen LogP contribution in [-0.4, -0.2) is 30.5 Å². The van der Waals surface area contributed by atoms with Crippen molar-refractivity contribution in [3.05, 3.63) is 0 Å². The molecule has 1 atom stereocenters. The second kappa shape index (κ2) is 5.56. The largest absolute Gasteiger partial charge is 0.369 e. The number of primary amides is 1. The van der Waals surface area contributed by atoms with E-state index in [0.717, 1.165) is 5.75 Å². The van der Waals surface area contributed by atoms with Gasteiger partial charge in [0.1, 0.15) is 0 Å². The maximum Gasteiger partial charge on any atom is 0.231 e. The van der Waals surface area contributed by atoms with Gasteiger partial charge in [-0.3, -0.25) is 4.79 Å². The number of hydrogen-bond donors (Lipinski definition) is 2. The lowest BCUT2D eigenvalue weighted by atomic mass is 10.4. The van der Waals surface area contributed by atoms with Gasteiger partial charge in [0.15, 0.2) is 0 Å². The van der Waals surface area contributed by atoms with Crippen molar-refractivity contribution in [1.82, 2.24) is 5.32 Å². The third-order valence-electron chi connectivity index (χ3n) is 1.04. The Morgan fingerprint density at radius 2 is 2.40 bits per heavy atom. The van der Waals surface area contributed by atoms with Crippen molar-refractivity contribution >= 4 is 17.7 Å². The molecule has 0 heterocycles. The monoisotopic (exact) mass is 162 g/mol. The number of nitrogens with one attached hydrogen (secondary N) is 1. The van der Waals surface area contributed by atoms with E-state index in [2.05, 4.69) is 5.32 Å². The predicted octanol–water partition coefficient (Wildman–Crippen LogP) is -0.187. The summed E-state index contributed by atoms with van der Waals surface area (Å²) < 4.78 is 0. The van der Waals surface area contributed by atoms with Gasteiger partial charge in [0.2, 0.25) is 5.91 Å². The normalized spacial score (nSPS) is 13.0. The Morgan fingerprint density at radius 3 is 2.80 bits per heavy atom. The van der Waals surface area contributed by atoms with E-state index in [1.165, 1.54) is 0 Å². The molecule has 0 bridgehead atoms. The van der Waals surface area contributed by atoms with Crippen LogP contribution in [-0.2, 0) is 4.79 Å². The molecule has 0 saturated heterocycles. The summed E-state index contributed by atoms with van der Waals surface area (Å²) in [6, 6.07) is 0.363. The molecule has 0 aliphatic heterocycles. The zero-order chi connectivity index (χ0) is 7.98. The van der Waals surface area contributed by atoms with Crippen molar-refractivity contribution in [1.29, 1.82) is 0 Å². The Morgan fingerprint density at radius 1 is 1.80 bits per heavy atom. The Labute approximate surface area is 65.7 Å². The first-order valence-electron chi connectivity index (χ1n) is 3.17. The van der Waals surface area contributed by atoms with Crippen molar-refractivity contribution in [2.24, 2.45) is 5.73 Å². The minimum absolute atomic E-state index is 0.279. The zero-order valence-corrected chi connectivity index (χ0v) is 7.20. The van der Waals surface area contributed by atoms with E-state index in [0.29, 0.717) is 6.04 Å². The highest BCUT2D eigenvalue weighted by atomic mass is 32.2. The van der Waals surface area contributed by atoms with Crippen LogP contribution in [0.1, 0.15) is 6.92 Å². The van der Waals surface area contributed by atoms with Crippen LogP contribution in [0.2, 0.25) is 0 Å². The highest BCUT2D eigenvalue weighted by Crippen LogP contribution is 1.94. The van der Waals surface area contributed by atoms with Gasteiger partial charge in [-0.1, -0.05) is 0 Å². The number of nitrogens with two attached hydrogens (primary N) is 1. The maximum absolute atomic E-state index is 10.3. The van der Waals surface area contributed by atoms with Crippen LogP contribution < -0.4 is 11.1 Å². The van der Waals surface area contributed by atoms with Gasteiger partial charge in [-0.05, 0) is 13.2 Å². The molecule has 1 unspecified atom stereocenters. The number of rotatable bonds is 5. The quantitative estimate of drug-likeness (QED) is 0.589. The van der Waals surface area contributed by atoms with E-state index >= 15 is 0 Å². The van der Waals surface area contributed by atoms with Gasteiger partial charge >= 0.3 is 0 Å². The summed E-state index contributed by atoms with van der Waals surface area (Å²) in [5, 5.41) is 2.99. The summed E-state index contributed by atoms with van der Waals surface area (Å²) in [6.45, 7) is 2.31. The van der Waals surface area contributed by atoms with Crippen molar-refractivity contribution in [2.75, 3.05) is 18.6 Å². The van der Waals surface area contributed by atoms with Crippen LogP contribution in [0.3, 0.4) is 0 Å². The smallest absolute Gasteiger partial charge is 0.231 e. The highest BCUT2D eigenvalue weighted by Gasteiger charge is 2.00. The lowest BCUT2D eigenvalue weighted by molar-refractivity contribution is -0.117. The summed E-state index contributed by atoms with van der Waals surface area (Å²) in [7, 11) is 0. The van der Waals surface area contributed by atoms with Crippen LogP contribution in [0, 0.1) is 0 Å². The highest BCUT2D eigenvalue weighted by molar-refractivity contribution is 7.98. The zero-order valence-electron chi connectivity index (χ0n) is 6.39. The maximum atomic E-state index is 10.3. The van der Waals surface area contributed by atoms with E-state index in [1.54, 1.807) is 11.8 Å². The van der Waals surface area contributed by atoms with Crippen molar-refractivity contribution < 1.29 is 4.79 Å². The molecule has 0 saturated carbocycles. The molecule has 0 aromatic rings. The Kier molecular flexibility index (Phi) is 5.43. The van der Waals surface area contributed by atoms with Gasteiger partial charge in [0.25, 0.3) is 0 Å². The van der Waals surface area contributed by atoms with Gasteiger partial charge in [-0.25, -0.2) is 0 Å². The minimum atomic E-state index is -0.298. The first-order valence-corrected chi connectivity index (χ1v) is 4.56. The van der Waals surface area contributed by atoms with Crippen LogP contribution in [0.4, 0.5) is 0 Å². The lowest BCUT2D eigenvalue weighted by Crippen LogP contribution is -2.36. The number of thioether (sulfide) groups is 1. The summed E-state index contributed by atoms with van der Waals surface area (Å²) in [4.78, 5) is 10.3. The van der Waals surface area contributed by atoms with E-state index in [4.69, 9.17) is 5.73 Å². The molecule has 0 rings (SSSR count). The molecule has 3 nitrogen and oxygen atoms in total. The fourth-order valence-electron chi connectivity index (χ4n) is 0.584. The van der Waals surface area contributed by atoms with Crippen molar-refractivity contribution in [3.63, 3.8) is 0 Å². The molecule has 0 spiro atoms. The van der Waals surface area contributed by atoms with Crippen LogP contribution in [0.15, 0.2) is 0 Å². The van der Waals surface area contributed by atoms with Gasteiger partial charge < -0.3 is 11.1 Å². The molecular formula is C6H14N2OS. The molecule has 4 heteroatoms. The Balaban J connectivity index is 3.21. The van der Waals surface area contributed by atoms with Gasteiger partial charge in [0.05, 0.1) is 6.54 Å². The summed E-state index contributed by atoms with van der Waals surface area (Å²) >= 11 is 1.75. The summed E-state index contributed by atoms with van der Waals surface area (Å²) in [5.41, 5.74) is 4.93. The van der Waals surface area contributed by atoms with E-state index < -0.39 is 0 Å². The molecule has 0 aliphatic carbocycles. The second-order valence-corrected chi connectivity index (χ2v) is 3.11. The fourth-order valence-corrected chi connectivity index (χ4v) is 1.20. The molecule has 0 aliphatic rings. The van der Waals surface area contributed by atoms with Crippen molar-refractivity contribution in [2.45, 2.75) is 13.0 Å². The van der Waals surface area contributed by atoms with Crippen LogP contribution in [0.25, 0.3) is 0 Å². The average Bonchev–Trinajstić information content (AvgIpc) is 1.85. The molecule has 60 valence electrons. The van der Waals surface area contributed by atoms with Gasteiger partial charge in [0, 0.05) is 11.8 Å². The second-order valence-electron chi connectivity index (χ2n) is 2.20. The van der Waals surface area contributed by atoms with Crippen molar-refractivity contribution in [3.8, 4) is 0 Å². The molecular weight excluding hydrogens is 148 g/mol. The summed E-state index contributed by atoms with van der Waals surface area (Å²) in [5.74, 6) is 0.709. The lowest BCUT2D eigenvalue weighted by Gasteiger charge is -2.09. The first kappa shape index (κ1) is 9.78. The molecule has 0 aromatic heterocycles. The minimum Gasteiger partial charge on any atom is -0.369 e. The fraction of sp³-hybridized carbons (Fsp3) is 0.833. The van der Waals surface area contributed by atoms with Crippen LogP contribution in [0.5, 0.6) is 0 Å². The number of hydrogen-bond acceptors (Lipinski definition) is 3. The predicted molar refractivity (Wildman–Crippen MR) is 45.0 cm³/mol. The first-order chi connectivity index (χ1) is 4.66. The van der Waals surface area contributed by atoms with E-state index in [9.17, 15) is 4.79 Å². The topological polar surface area (TPSA) is 55.1 Å². The number of carbonyl (C=O) groups excluding carboxylic acids is 1. The van der Waals surface area contributed by atoms with Gasteiger partial charge in [-0.15, -0.1) is 0 Å². The van der Waals surface area contributed by atoms with Gasteiger partial charge in [-0.2, -0.15) is 11.8 Å². The third kappa shape index (κ3) is 5.91. The number of carbonyl (C=O) groups is 1. The summed E-state index contributed by atoms with van der Waals surface area (Å²) in [6.07, 6.45) is 2.03. The van der Waals surface area contributed by atoms with E-state index in [-0.39, 0.29) is 12.5 Å². The SMILES string of the molecule is CSCC(C)NCC(N)=O. The average molecular weight is 162 g/mol. The number of amides is 1. The molecule has 3 N–H and O–H groups in total. The standard InChI is InChI=1S/C6H14N2OS/c1-5(4-10-2)8-3-6(7)9/h5,8H,3-4H2,1-2H3,(H2,7,9). The third-order valence-corrected chi connectivity index (χ3v) is 1.87. The molecule has 0 aromatic carbocycles. The molecule has 10 heavy (non-hydrogen) atoms. The molecule has 1 amide bonds. The molecule has 0 fully saturated rings. The Hall–Kier alpha value is -0.220.